The lowest BCUT2D eigenvalue weighted by molar-refractivity contribution is -0.117. The summed E-state index contributed by atoms with van der Waals surface area (Å²) in [5, 5.41) is 3.53. The van der Waals surface area contributed by atoms with Crippen LogP contribution in [0.5, 0.6) is 0 Å². The normalized spacial score (nSPS) is 15.0. The second-order valence-electron chi connectivity index (χ2n) is 4.76. The summed E-state index contributed by atoms with van der Waals surface area (Å²) in [5.41, 5.74) is 1.72. The first kappa shape index (κ1) is 16.1. The molecule has 6 heteroatoms. The number of carbonyl (C=O) groups is 1. The van der Waals surface area contributed by atoms with Crippen LogP contribution in [0, 0.1) is 0 Å². The molecule has 1 aromatic carbocycles. The molecule has 5 nitrogen and oxygen atoms in total. The highest BCUT2D eigenvalue weighted by molar-refractivity contribution is 6.31. The minimum atomic E-state index is -0.0692. The van der Waals surface area contributed by atoms with E-state index in [0.717, 1.165) is 24.5 Å². The molecule has 1 heterocycles. The lowest BCUT2D eigenvalue weighted by Gasteiger charge is -2.30. The highest BCUT2D eigenvalue weighted by Crippen LogP contribution is 2.30. The SMILES string of the molecule is CCOCCC(=O)Nc1cc(Cl)ccc1N1CCOCC1. The fourth-order valence-electron chi connectivity index (χ4n) is 2.21. The average molecular weight is 313 g/mol. The summed E-state index contributed by atoms with van der Waals surface area (Å²) < 4.78 is 10.6. The Morgan fingerprint density at radius 1 is 1.43 bits per heavy atom. The third kappa shape index (κ3) is 4.88. The third-order valence-corrected chi connectivity index (χ3v) is 3.50. The maximum atomic E-state index is 12.0. The van der Waals surface area contributed by atoms with Crippen molar-refractivity contribution in [1.82, 2.24) is 0 Å². The first-order valence-electron chi connectivity index (χ1n) is 7.20. The van der Waals surface area contributed by atoms with Crippen LogP contribution in [0.1, 0.15) is 13.3 Å². The first-order chi connectivity index (χ1) is 10.2. The van der Waals surface area contributed by atoms with Crippen molar-refractivity contribution >= 4 is 28.9 Å². The van der Waals surface area contributed by atoms with E-state index in [0.29, 0.717) is 37.9 Å². The average Bonchev–Trinajstić information content (AvgIpc) is 2.48. The van der Waals surface area contributed by atoms with Gasteiger partial charge in [-0.25, -0.2) is 0 Å². The van der Waals surface area contributed by atoms with Crippen LogP contribution in [0.25, 0.3) is 0 Å². The number of hydrogen-bond donors (Lipinski definition) is 1. The molecule has 0 spiro atoms. The number of hydrogen-bond acceptors (Lipinski definition) is 4. The van der Waals surface area contributed by atoms with Crippen molar-refractivity contribution in [1.29, 1.82) is 0 Å². The lowest BCUT2D eigenvalue weighted by atomic mass is 10.2. The molecule has 116 valence electrons. The number of ether oxygens (including phenoxy) is 2. The Kier molecular flexibility index (Phi) is 6.29. The summed E-state index contributed by atoms with van der Waals surface area (Å²) in [6.07, 6.45) is 0.336. The zero-order valence-electron chi connectivity index (χ0n) is 12.2. The van der Waals surface area contributed by atoms with Gasteiger partial charge in [-0.2, -0.15) is 0 Å². The van der Waals surface area contributed by atoms with E-state index in [4.69, 9.17) is 21.1 Å². The molecule has 1 aliphatic heterocycles. The molecule has 1 fully saturated rings. The number of nitrogens with one attached hydrogen (secondary N) is 1. The summed E-state index contributed by atoms with van der Waals surface area (Å²) >= 11 is 6.05. The number of benzene rings is 1. The predicted molar refractivity (Wildman–Crippen MR) is 84.2 cm³/mol. The standard InChI is InChI=1S/C15H21ClN2O3/c1-2-20-8-5-15(19)17-13-11-12(16)3-4-14(13)18-6-9-21-10-7-18/h3-4,11H,2,5-10H2,1H3,(H,17,19). The smallest absolute Gasteiger partial charge is 0.226 e. The molecule has 1 aliphatic rings. The van der Waals surface area contributed by atoms with Crippen LogP contribution >= 0.6 is 11.6 Å². The molecule has 1 aromatic rings. The second kappa shape index (κ2) is 8.22. The topological polar surface area (TPSA) is 50.8 Å². The first-order valence-corrected chi connectivity index (χ1v) is 7.58. The van der Waals surface area contributed by atoms with Gasteiger partial charge in [0.2, 0.25) is 5.91 Å². The lowest BCUT2D eigenvalue weighted by Crippen LogP contribution is -2.36. The van der Waals surface area contributed by atoms with Crippen molar-refractivity contribution in [2.75, 3.05) is 49.7 Å². The Labute approximate surface area is 130 Å². The molecule has 1 N–H and O–H groups in total. The molecule has 0 unspecified atom stereocenters. The van der Waals surface area contributed by atoms with Crippen molar-refractivity contribution in [2.24, 2.45) is 0 Å². The minimum absolute atomic E-state index is 0.0692. The zero-order valence-corrected chi connectivity index (χ0v) is 13.0. The number of morpholine rings is 1. The van der Waals surface area contributed by atoms with E-state index in [1.165, 1.54) is 0 Å². The number of amides is 1. The molecule has 0 aliphatic carbocycles. The van der Waals surface area contributed by atoms with Crippen LogP contribution < -0.4 is 10.2 Å². The van der Waals surface area contributed by atoms with Gasteiger partial charge in [-0.05, 0) is 25.1 Å². The molecule has 0 aromatic heterocycles. The Morgan fingerprint density at radius 2 is 2.19 bits per heavy atom. The Hall–Kier alpha value is -1.30. The van der Waals surface area contributed by atoms with Gasteiger partial charge in [0.05, 0.1) is 37.6 Å². The van der Waals surface area contributed by atoms with Crippen molar-refractivity contribution in [2.45, 2.75) is 13.3 Å². The van der Waals surface area contributed by atoms with Gasteiger partial charge in [-0.3, -0.25) is 4.79 Å². The van der Waals surface area contributed by atoms with Crippen LogP contribution in [-0.4, -0.2) is 45.4 Å². The Morgan fingerprint density at radius 3 is 2.90 bits per heavy atom. The van der Waals surface area contributed by atoms with Crippen LogP contribution in [0.3, 0.4) is 0 Å². The van der Waals surface area contributed by atoms with Crippen LogP contribution in [0.2, 0.25) is 5.02 Å². The molecule has 0 atom stereocenters. The van der Waals surface area contributed by atoms with Gasteiger partial charge < -0.3 is 19.7 Å². The van der Waals surface area contributed by atoms with Gasteiger partial charge in [0, 0.05) is 24.7 Å². The fourth-order valence-corrected chi connectivity index (χ4v) is 2.38. The zero-order chi connectivity index (χ0) is 15.1. The van der Waals surface area contributed by atoms with Crippen LogP contribution in [0.15, 0.2) is 18.2 Å². The van der Waals surface area contributed by atoms with E-state index < -0.39 is 0 Å². The Bertz CT molecular complexity index is 476. The van der Waals surface area contributed by atoms with Gasteiger partial charge >= 0.3 is 0 Å². The third-order valence-electron chi connectivity index (χ3n) is 3.26. The molecule has 1 saturated heterocycles. The van der Waals surface area contributed by atoms with E-state index in [9.17, 15) is 4.79 Å². The summed E-state index contributed by atoms with van der Waals surface area (Å²) in [7, 11) is 0. The summed E-state index contributed by atoms with van der Waals surface area (Å²) in [6, 6.07) is 5.55. The molecular weight excluding hydrogens is 292 g/mol. The molecular formula is C15H21ClN2O3. The number of rotatable bonds is 6. The van der Waals surface area contributed by atoms with Crippen molar-refractivity contribution in [3.8, 4) is 0 Å². The van der Waals surface area contributed by atoms with Crippen molar-refractivity contribution in [3.05, 3.63) is 23.2 Å². The fraction of sp³-hybridized carbons (Fsp3) is 0.533. The highest BCUT2D eigenvalue weighted by Gasteiger charge is 2.16. The molecule has 0 radical (unpaired) electrons. The summed E-state index contributed by atoms with van der Waals surface area (Å²) in [4.78, 5) is 14.1. The summed E-state index contributed by atoms with van der Waals surface area (Å²) in [5.74, 6) is -0.0692. The van der Waals surface area contributed by atoms with E-state index >= 15 is 0 Å². The molecule has 2 rings (SSSR count). The van der Waals surface area contributed by atoms with E-state index in [1.54, 1.807) is 6.07 Å². The molecule has 1 amide bonds. The van der Waals surface area contributed by atoms with Gasteiger partial charge in [0.1, 0.15) is 0 Å². The van der Waals surface area contributed by atoms with E-state index in [1.807, 2.05) is 19.1 Å². The van der Waals surface area contributed by atoms with Gasteiger partial charge in [-0.1, -0.05) is 11.6 Å². The van der Waals surface area contributed by atoms with Crippen LogP contribution in [0.4, 0.5) is 11.4 Å². The quantitative estimate of drug-likeness (QED) is 0.820. The van der Waals surface area contributed by atoms with Crippen LogP contribution in [-0.2, 0) is 14.3 Å². The minimum Gasteiger partial charge on any atom is -0.381 e. The summed E-state index contributed by atoms with van der Waals surface area (Å²) in [6.45, 7) is 5.96. The van der Waals surface area contributed by atoms with Crippen molar-refractivity contribution < 1.29 is 14.3 Å². The number of anilines is 2. The van der Waals surface area contributed by atoms with Gasteiger partial charge in [-0.15, -0.1) is 0 Å². The number of nitrogens with zero attached hydrogens (tertiary/aromatic N) is 1. The number of halogens is 1. The monoisotopic (exact) mass is 312 g/mol. The maximum absolute atomic E-state index is 12.0. The number of carbonyl (C=O) groups excluding carboxylic acids is 1. The molecule has 0 bridgehead atoms. The maximum Gasteiger partial charge on any atom is 0.226 e. The van der Waals surface area contributed by atoms with Gasteiger partial charge in [0.25, 0.3) is 0 Å². The predicted octanol–water partition coefficient (Wildman–Crippen LogP) is 2.54. The largest absolute Gasteiger partial charge is 0.381 e. The van der Waals surface area contributed by atoms with Crippen molar-refractivity contribution in [3.63, 3.8) is 0 Å². The molecule has 21 heavy (non-hydrogen) atoms. The second-order valence-corrected chi connectivity index (χ2v) is 5.19. The van der Waals surface area contributed by atoms with E-state index in [-0.39, 0.29) is 5.91 Å². The van der Waals surface area contributed by atoms with E-state index in [2.05, 4.69) is 10.2 Å². The Balaban J connectivity index is 2.05. The molecule has 0 saturated carbocycles. The van der Waals surface area contributed by atoms with Gasteiger partial charge in [0.15, 0.2) is 0 Å². The highest BCUT2D eigenvalue weighted by atomic mass is 35.5.